The zero-order valence-electron chi connectivity index (χ0n) is 18.1. The lowest BCUT2D eigenvalue weighted by molar-refractivity contribution is -0.112. The Bertz CT molecular complexity index is 1510. The Labute approximate surface area is 213 Å². The lowest BCUT2D eigenvalue weighted by Gasteiger charge is -2.09. The van der Waals surface area contributed by atoms with Crippen molar-refractivity contribution in [3.63, 3.8) is 0 Å². The van der Waals surface area contributed by atoms with E-state index in [2.05, 4.69) is 32.5 Å². The topological polar surface area (TPSA) is 125 Å². The zero-order chi connectivity index (χ0) is 25.3. The number of benzene rings is 2. The molecule has 0 spiro atoms. The molecule has 2 aromatic carbocycles. The number of nitrogens with one attached hydrogen (secondary N) is 4. The standard InChI is InChI=1S/C23H17Cl3N6O3/c1-11(2)22(34)28-14-5-3-4-12(6-14)23(35)29-21-15(10-27-30-21)18-9-19(33)32(31-18)20-16(25)7-13(24)8-17(20)26/h3-10,31H,1H2,2H3,(H,28,34)(H2,27,29,30,35). The highest BCUT2D eigenvalue weighted by Crippen LogP contribution is 2.32. The van der Waals surface area contributed by atoms with Crippen molar-refractivity contribution in [2.45, 2.75) is 6.92 Å². The van der Waals surface area contributed by atoms with Gasteiger partial charge in [0.15, 0.2) is 0 Å². The van der Waals surface area contributed by atoms with E-state index in [9.17, 15) is 14.4 Å². The fourth-order valence-electron chi connectivity index (χ4n) is 3.20. The summed E-state index contributed by atoms with van der Waals surface area (Å²) in [7, 11) is 0. The molecule has 0 aliphatic rings. The molecule has 0 unspecified atom stereocenters. The molecule has 0 atom stereocenters. The molecule has 0 saturated heterocycles. The molecule has 4 aromatic rings. The molecule has 2 amide bonds. The van der Waals surface area contributed by atoms with Crippen LogP contribution < -0.4 is 16.2 Å². The average Bonchev–Trinajstić information content (AvgIpc) is 3.39. The first-order valence-electron chi connectivity index (χ1n) is 10.0. The Hall–Kier alpha value is -3.79. The first-order valence-corrected chi connectivity index (χ1v) is 11.2. The molecule has 0 saturated carbocycles. The smallest absolute Gasteiger partial charge is 0.271 e. The number of hydrogen-bond acceptors (Lipinski definition) is 4. The number of carbonyl (C=O) groups excluding carboxylic acids is 2. The van der Waals surface area contributed by atoms with Crippen molar-refractivity contribution in [3.05, 3.63) is 91.8 Å². The highest BCUT2D eigenvalue weighted by molar-refractivity contribution is 6.40. The summed E-state index contributed by atoms with van der Waals surface area (Å²) >= 11 is 18.5. The maximum Gasteiger partial charge on any atom is 0.271 e. The van der Waals surface area contributed by atoms with E-state index in [1.165, 1.54) is 35.1 Å². The number of carbonyl (C=O) groups is 2. The molecular formula is C23H17Cl3N6O3. The minimum absolute atomic E-state index is 0.178. The second-order valence-corrected chi connectivity index (χ2v) is 8.74. The van der Waals surface area contributed by atoms with Crippen LogP contribution in [0, 0.1) is 0 Å². The Kier molecular flexibility index (Phi) is 6.83. The van der Waals surface area contributed by atoms with Crippen LogP contribution in [0.25, 0.3) is 16.9 Å². The van der Waals surface area contributed by atoms with E-state index in [0.717, 1.165) is 0 Å². The van der Waals surface area contributed by atoms with E-state index in [0.29, 0.717) is 27.5 Å². The summed E-state index contributed by atoms with van der Waals surface area (Å²) in [6.45, 7) is 5.17. The molecule has 178 valence electrons. The first kappa shape index (κ1) is 24.3. The number of amides is 2. The molecule has 0 aliphatic heterocycles. The van der Waals surface area contributed by atoms with Crippen molar-refractivity contribution >= 4 is 58.1 Å². The Morgan fingerprint density at radius 3 is 2.46 bits per heavy atom. The molecule has 35 heavy (non-hydrogen) atoms. The SMILES string of the molecule is C=C(C)C(=O)Nc1cccc(C(=O)Nc2[nH]ncc2-c2cc(=O)n(-c3c(Cl)cc(Cl)cc3Cl)[nH]2)c1. The van der Waals surface area contributed by atoms with Crippen LogP contribution in [-0.4, -0.2) is 31.8 Å². The third kappa shape index (κ3) is 5.17. The van der Waals surface area contributed by atoms with Gasteiger partial charge in [0.05, 0.1) is 27.5 Å². The lowest BCUT2D eigenvalue weighted by Crippen LogP contribution is -2.15. The predicted molar refractivity (Wildman–Crippen MR) is 137 cm³/mol. The van der Waals surface area contributed by atoms with Crippen molar-refractivity contribution in [2.24, 2.45) is 0 Å². The van der Waals surface area contributed by atoms with Gasteiger partial charge in [0.25, 0.3) is 17.4 Å². The molecule has 0 fully saturated rings. The maximum atomic E-state index is 12.9. The van der Waals surface area contributed by atoms with Crippen LogP contribution in [0.1, 0.15) is 17.3 Å². The van der Waals surface area contributed by atoms with Gasteiger partial charge in [-0.3, -0.25) is 24.6 Å². The minimum atomic E-state index is -0.465. The number of nitrogens with zero attached hydrogens (tertiary/aromatic N) is 2. The van der Waals surface area contributed by atoms with Crippen LogP contribution in [0.15, 0.2) is 65.6 Å². The van der Waals surface area contributed by atoms with E-state index in [1.807, 2.05) is 0 Å². The molecular weight excluding hydrogens is 515 g/mol. The number of rotatable bonds is 6. The normalized spacial score (nSPS) is 10.7. The Morgan fingerprint density at radius 1 is 1.06 bits per heavy atom. The largest absolute Gasteiger partial charge is 0.322 e. The molecule has 2 aromatic heterocycles. The van der Waals surface area contributed by atoms with Crippen molar-refractivity contribution in [3.8, 4) is 16.9 Å². The lowest BCUT2D eigenvalue weighted by atomic mass is 10.1. The Balaban J connectivity index is 1.61. The molecule has 12 heteroatoms. The molecule has 0 bridgehead atoms. The summed E-state index contributed by atoms with van der Waals surface area (Å²) in [4.78, 5) is 37.4. The van der Waals surface area contributed by atoms with Gasteiger partial charge in [0.1, 0.15) is 11.5 Å². The van der Waals surface area contributed by atoms with Gasteiger partial charge in [-0.05, 0) is 37.3 Å². The van der Waals surface area contributed by atoms with E-state index in [4.69, 9.17) is 34.8 Å². The van der Waals surface area contributed by atoms with E-state index in [-0.39, 0.29) is 33.0 Å². The van der Waals surface area contributed by atoms with Crippen LogP contribution in [-0.2, 0) is 4.79 Å². The number of H-pyrrole nitrogens is 2. The van der Waals surface area contributed by atoms with Gasteiger partial charge in [-0.25, -0.2) is 4.68 Å². The second kappa shape index (κ2) is 9.83. The van der Waals surface area contributed by atoms with E-state index < -0.39 is 11.5 Å². The summed E-state index contributed by atoms with van der Waals surface area (Å²) in [5.41, 5.74) is 1.63. The van der Waals surface area contributed by atoms with Crippen LogP contribution >= 0.6 is 34.8 Å². The van der Waals surface area contributed by atoms with Crippen LogP contribution in [0.5, 0.6) is 0 Å². The van der Waals surface area contributed by atoms with Crippen LogP contribution in [0.4, 0.5) is 11.5 Å². The van der Waals surface area contributed by atoms with Gasteiger partial charge >= 0.3 is 0 Å². The third-order valence-corrected chi connectivity index (χ3v) is 5.66. The van der Waals surface area contributed by atoms with Gasteiger partial charge in [0.2, 0.25) is 0 Å². The van der Waals surface area contributed by atoms with Gasteiger partial charge < -0.3 is 10.6 Å². The molecule has 0 radical (unpaired) electrons. The number of aromatic nitrogens is 4. The van der Waals surface area contributed by atoms with Crippen molar-refractivity contribution < 1.29 is 9.59 Å². The van der Waals surface area contributed by atoms with Gasteiger partial charge in [-0.15, -0.1) is 0 Å². The molecule has 9 nitrogen and oxygen atoms in total. The number of aromatic amines is 2. The number of anilines is 2. The summed E-state index contributed by atoms with van der Waals surface area (Å²) in [5.74, 6) is -0.576. The van der Waals surface area contributed by atoms with Crippen molar-refractivity contribution in [1.82, 2.24) is 20.0 Å². The van der Waals surface area contributed by atoms with E-state index >= 15 is 0 Å². The van der Waals surface area contributed by atoms with Gasteiger partial charge in [0, 0.05) is 27.9 Å². The monoisotopic (exact) mass is 530 g/mol. The highest BCUT2D eigenvalue weighted by Gasteiger charge is 2.18. The zero-order valence-corrected chi connectivity index (χ0v) is 20.3. The Morgan fingerprint density at radius 2 is 1.77 bits per heavy atom. The van der Waals surface area contributed by atoms with Crippen LogP contribution in [0.2, 0.25) is 15.1 Å². The second-order valence-electron chi connectivity index (χ2n) is 7.49. The summed E-state index contributed by atoms with van der Waals surface area (Å²) < 4.78 is 1.17. The average molecular weight is 532 g/mol. The maximum absolute atomic E-state index is 12.9. The summed E-state index contributed by atoms with van der Waals surface area (Å²) in [6, 6.07) is 10.6. The predicted octanol–water partition coefficient (Wildman–Crippen LogP) is 5.28. The number of hydrogen-bond donors (Lipinski definition) is 4. The fourth-order valence-corrected chi connectivity index (χ4v) is 4.18. The summed E-state index contributed by atoms with van der Waals surface area (Å²) in [5, 5.41) is 15.7. The summed E-state index contributed by atoms with van der Waals surface area (Å²) in [6.07, 6.45) is 1.44. The van der Waals surface area contributed by atoms with Crippen molar-refractivity contribution in [1.29, 1.82) is 0 Å². The molecule has 4 rings (SSSR count). The van der Waals surface area contributed by atoms with Gasteiger partial charge in [-0.1, -0.05) is 47.4 Å². The highest BCUT2D eigenvalue weighted by atomic mass is 35.5. The van der Waals surface area contributed by atoms with Crippen LogP contribution in [0.3, 0.4) is 0 Å². The first-order chi connectivity index (χ1) is 16.6. The third-order valence-electron chi connectivity index (χ3n) is 4.86. The fraction of sp³-hybridized carbons (Fsp3) is 0.0435. The van der Waals surface area contributed by atoms with E-state index in [1.54, 1.807) is 25.1 Å². The van der Waals surface area contributed by atoms with Crippen molar-refractivity contribution in [2.75, 3.05) is 10.6 Å². The number of halogens is 3. The molecule has 4 N–H and O–H groups in total. The molecule has 2 heterocycles. The quantitative estimate of drug-likeness (QED) is 0.253. The minimum Gasteiger partial charge on any atom is -0.322 e. The molecule has 0 aliphatic carbocycles. The van der Waals surface area contributed by atoms with Gasteiger partial charge in [-0.2, -0.15) is 5.10 Å².